The molecule has 0 radical (unpaired) electrons. The highest BCUT2D eigenvalue weighted by atomic mass is 79.9. The van der Waals surface area contributed by atoms with Gasteiger partial charge in [-0.2, -0.15) is 0 Å². The van der Waals surface area contributed by atoms with Crippen molar-refractivity contribution in [2.75, 3.05) is 10.6 Å². The van der Waals surface area contributed by atoms with E-state index in [9.17, 15) is 9.59 Å². The van der Waals surface area contributed by atoms with E-state index in [0.717, 1.165) is 4.47 Å². The summed E-state index contributed by atoms with van der Waals surface area (Å²) >= 11 is 9.36. The van der Waals surface area contributed by atoms with E-state index < -0.39 is 6.10 Å². The average Bonchev–Trinajstić information content (AvgIpc) is 2.51. The average molecular weight is 396 g/mol. The zero-order valence-corrected chi connectivity index (χ0v) is 14.4. The summed E-state index contributed by atoms with van der Waals surface area (Å²) in [6.07, 6.45) is -0.539. The molecule has 0 saturated heterocycles. The molecule has 5 nitrogen and oxygen atoms in total. The van der Waals surface area contributed by atoms with Crippen LogP contribution < -0.4 is 15.4 Å². The maximum Gasteiger partial charge on any atom is 0.265 e. The number of nitrogens with one attached hydrogen (secondary N) is 2. The van der Waals surface area contributed by atoms with Gasteiger partial charge in [-0.25, -0.2) is 0 Å². The van der Waals surface area contributed by atoms with Crippen LogP contribution in [0.5, 0.6) is 5.75 Å². The molecule has 1 aliphatic rings. The maximum absolute atomic E-state index is 12.3. The number of hydrogen-bond donors (Lipinski definition) is 2. The van der Waals surface area contributed by atoms with Crippen LogP contribution in [0.25, 0.3) is 0 Å². The largest absolute Gasteiger partial charge is 0.479 e. The number of amides is 2. The van der Waals surface area contributed by atoms with Gasteiger partial charge in [-0.1, -0.05) is 27.5 Å². The van der Waals surface area contributed by atoms with Gasteiger partial charge in [-0.05, 0) is 43.3 Å². The quantitative estimate of drug-likeness (QED) is 0.805. The Balaban J connectivity index is 1.84. The molecule has 3 rings (SSSR count). The van der Waals surface area contributed by atoms with Crippen molar-refractivity contribution in [2.45, 2.75) is 13.0 Å². The molecule has 2 amide bonds. The van der Waals surface area contributed by atoms with Crippen LogP contribution in [0.3, 0.4) is 0 Å². The second kappa shape index (κ2) is 6.22. The van der Waals surface area contributed by atoms with Crippen LogP contribution in [-0.4, -0.2) is 17.9 Å². The van der Waals surface area contributed by atoms with Crippen molar-refractivity contribution in [1.29, 1.82) is 0 Å². The Morgan fingerprint density at radius 1 is 1.30 bits per heavy atom. The van der Waals surface area contributed by atoms with E-state index in [-0.39, 0.29) is 11.8 Å². The predicted molar refractivity (Wildman–Crippen MR) is 92.3 cm³/mol. The Labute approximate surface area is 146 Å². The lowest BCUT2D eigenvalue weighted by atomic mass is 10.2. The topological polar surface area (TPSA) is 67.4 Å². The number of hydrogen-bond acceptors (Lipinski definition) is 3. The zero-order chi connectivity index (χ0) is 16.6. The summed E-state index contributed by atoms with van der Waals surface area (Å²) in [4.78, 5) is 24.0. The fraction of sp³-hybridized carbons (Fsp3) is 0.125. The second-order valence-electron chi connectivity index (χ2n) is 5.04. The van der Waals surface area contributed by atoms with E-state index in [0.29, 0.717) is 27.7 Å². The van der Waals surface area contributed by atoms with Crippen LogP contribution in [0.1, 0.15) is 17.3 Å². The Bertz CT molecular complexity index is 810. The molecule has 7 heteroatoms. The molecule has 1 atom stereocenters. The van der Waals surface area contributed by atoms with Crippen molar-refractivity contribution in [3.05, 3.63) is 51.5 Å². The van der Waals surface area contributed by atoms with E-state index in [1.165, 1.54) is 0 Å². The van der Waals surface area contributed by atoms with Gasteiger partial charge >= 0.3 is 0 Å². The summed E-state index contributed by atoms with van der Waals surface area (Å²) in [5.41, 5.74) is 1.40. The highest BCUT2D eigenvalue weighted by molar-refractivity contribution is 9.10. The first-order valence-electron chi connectivity index (χ1n) is 6.82. The van der Waals surface area contributed by atoms with Crippen LogP contribution in [0.4, 0.5) is 11.4 Å². The standard InChI is InChI=1S/C16H12BrClN2O3/c1-8-15(21)20-13-7-10(3-5-14(13)23-8)19-16(22)11-6-9(17)2-4-12(11)18/h2-8H,1H3,(H,19,22)(H,20,21). The van der Waals surface area contributed by atoms with E-state index in [2.05, 4.69) is 26.6 Å². The van der Waals surface area contributed by atoms with Gasteiger partial charge in [0.25, 0.3) is 11.8 Å². The number of anilines is 2. The smallest absolute Gasteiger partial charge is 0.265 e. The SMILES string of the molecule is CC1Oc2ccc(NC(=O)c3cc(Br)ccc3Cl)cc2NC1=O. The molecule has 0 spiro atoms. The first-order valence-corrected chi connectivity index (χ1v) is 7.99. The van der Waals surface area contributed by atoms with Crippen LogP contribution in [-0.2, 0) is 4.79 Å². The fourth-order valence-corrected chi connectivity index (χ4v) is 2.72. The van der Waals surface area contributed by atoms with Crippen molar-refractivity contribution in [1.82, 2.24) is 0 Å². The Morgan fingerprint density at radius 3 is 2.87 bits per heavy atom. The number of halogens is 2. The molecule has 2 aromatic carbocycles. The number of benzene rings is 2. The van der Waals surface area contributed by atoms with Crippen LogP contribution >= 0.6 is 27.5 Å². The van der Waals surface area contributed by atoms with Gasteiger partial charge in [0, 0.05) is 10.2 Å². The van der Waals surface area contributed by atoms with Gasteiger partial charge in [0.05, 0.1) is 16.3 Å². The summed E-state index contributed by atoms with van der Waals surface area (Å²) in [6.45, 7) is 1.67. The summed E-state index contributed by atoms with van der Waals surface area (Å²) in [5.74, 6) is -0.000676. The lowest BCUT2D eigenvalue weighted by Crippen LogP contribution is -2.34. The molecule has 1 heterocycles. The lowest BCUT2D eigenvalue weighted by molar-refractivity contribution is -0.122. The number of carbonyl (C=O) groups excluding carboxylic acids is 2. The minimum Gasteiger partial charge on any atom is -0.479 e. The van der Waals surface area contributed by atoms with Crippen molar-refractivity contribution in [3.8, 4) is 5.75 Å². The summed E-state index contributed by atoms with van der Waals surface area (Å²) < 4.78 is 6.23. The molecule has 2 aromatic rings. The van der Waals surface area contributed by atoms with E-state index in [1.54, 1.807) is 43.3 Å². The highest BCUT2D eigenvalue weighted by Crippen LogP contribution is 2.32. The molecule has 1 aliphatic heterocycles. The number of rotatable bonds is 2. The third kappa shape index (κ3) is 3.33. The summed E-state index contributed by atoms with van der Waals surface area (Å²) in [6, 6.07) is 10.1. The molecule has 23 heavy (non-hydrogen) atoms. The van der Waals surface area contributed by atoms with Crippen molar-refractivity contribution < 1.29 is 14.3 Å². The minimum atomic E-state index is -0.539. The summed E-state index contributed by atoms with van der Waals surface area (Å²) in [5, 5.41) is 5.84. The van der Waals surface area contributed by atoms with Gasteiger partial charge in [0.1, 0.15) is 5.75 Å². The number of ether oxygens (including phenoxy) is 1. The third-order valence-electron chi connectivity index (χ3n) is 3.34. The molecule has 0 aromatic heterocycles. The highest BCUT2D eigenvalue weighted by Gasteiger charge is 2.23. The number of fused-ring (bicyclic) bond motifs is 1. The predicted octanol–water partition coefficient (Wildman–Crippen LogP) is 4.07. The van der Waals surface area contributed by atoms with Crippen molar-refractivity contribution in [2.24, 2.45) is 0 Å². The Hall–Kier alpha value is -2.05. The molecule has 0 aliphatic carbocycles. The van der Waals surface area contributed by atoms with E-state index >= 15 is 0 Å². The van der Waals surface area contributed by atoms with E-state index in [4.69, 9.17) is 16.3 Å². The summed E-state index contributed by atoms with van der Waals surface area (Å²) in [7, 11) is 0. The fourth-order valence-electron chi connectivity index (χ4n) is 2.16. The lowest BCUT2D eigenvalue weighted by Gasteiger charge is -2.23. The Morgan fingerprint density at radius 2 is 2.09 bits per heavy atom. The van der Waals surface area contributed by atoms with Gasteiger partial charge in [0.2, 0.25) is 0 Å². The van der Waals surface area contributed by atoms with Crippen molar-refractivity contribution in [3.63, 3.8) is 0 Å². The van der Waals surface area contributed by atoms with Crippen LogP contribution in [0.2, 0.25) is 5.02 Å². The normalized spacial score (nSPS) is 16.1. The maximum atomic E-state index is 12.3. The first kappa shape index (κ1) is 15.8. The first-order chi connectivity index (χ1) is 10.9. The van der Waals surface area contributed by atoms with Gasteiger partial charge in [-0.3, -0.25) is 9.59 Å². The molecule has 0 bridgehead atoms. The van der Waals surface area contributed by atoms with Gasteiger partial charge in [-0.15, -0.1) is 0 Å². The molecular formula is C16H12BrClN2O3. The van der Waals surface area contributed by atoms with Gasteiger partial charge < -0.3 is 15.4 Å². The van der Waals surface area contributed by atoms with Crippen LogP contribution in [0, 0.1) is 0 Å². The molecule has 1 unspecified atom stereocenters. The zero-order valence-electron chi connectivity index (χ0n) is 12.0. The molecule has 0 fully saturated rings. The molecule has 2 N–H and O–H groups in total. The third-order valence-corrected chi connectivity index (χ3v) is 4.16. The van der Waals surface area contributed by atoms with E-state index in [1.807, 2.05) is 0 Å². The number of carbonyl (C=O) groups is 2. The second-order valence-corrected chi connectivity index (χ2v) is 6.36. The Kier molecular flexibility index (Phi) is 4.28. The van der Waals surface area contributed by atoms with Gasteiger partial charge in [0.15, 0.2) is 6.10 Å². The van der Waals surface area contributed by atoms with Crippen molar-refractivity contribution >= 4 is 50.7 Å². The minimum absolute atomic E-state index is 0.226. The molecular weight excluding hydrogens is 384 g/mol. The monoisotopic (exact) mass is 394 g/mol. The molecule has 0 saturated carbocycles. The molecule has 118 valence electrons. The van der Waals surface area contributed by atoms with Crippen LogP contribution in [0.15, 0.2) is 40.9 Å².